The van der Waals surface area contributed by atoms with Gasteiger partial charge >= 0.3 is 5.97 Å². The SMILES string of the molecule is CC(=O)NC(C)(CCCCc1ccccc1)COC(C)=O.CC(N)(CO)CCCCc1ccccc1. The van der Waals surface area contributed by atoms with Crippen molar-refractivity contribution in [3.63, 3.8) is 0 Å². The van der Waals surface area contributed by atoms with Gasteiger partial charge in [0, 0.05) is 19.4 Å². The number of aryl methyl sites for hydroxylation is 2. The van der Waals surface area contributed by atoms with Gasteiger partial charge in [-0.05, 0) is 63.5 Å². The molecule has 2 atom stereocenters. The Labute approximate surface area is 217 Å². The summed E-state index contributed by atoms with van der Waals surface area (Å²) < 4.78 is 5.07. The van der Waals surface area contributed by atoms with Crippen LogP contribution in [0.15, 0.2) is 60.7 Å². The number of rotatable bonds is 14. The second-order valence-corrected chi connectivity index (χ2v) is 10.2. The number of ether oxygens (including phenoxy) is 1. The van der Waals surface area contributed by atoms with Crippen LogP contribution in [0.5, 0.6) is 0 Å². The van der Waals surface area contributed by atoms with E-state index in [9.17, 15) is 9.59 Å². The van der Waals surface area contributed by atoms with E-state index in [1.54, 1.807) is 0 Å². The molecule has 4 N–H and O–H groups in total. The average Bonchev–Trinajstić information content (AvgIpc) is 2.85. The number of benzene rings is 2. The Morgan fingerprint density at radius 3 is 1.72 bits per heavy atom. The predicted octanol–water partition coefficient (Wildman–Crippen LogP) is 4.97. The molecule has 2 aromatic rings. The number of carbonyl (C=O) groups excluding carboxylic acids is 2. The van der Waals surface area contributed by atoms with Crippen molar-refractivity contribution in [2.75, 3.05) is 13.2 Å². The van der Waals surface area contributed by atoms with Crippen molar-refractivity contribution in [3.05, 3.63) is 71.8 Å². The van der Waals surface area contributed by atoms with Crippen LogP contribution in [0.4, 0.5) is 0 Å². The van der Waals surface area contributed by atoms with E-state index >= 15 is 0 Å². The summed E-state index contributed by atoms with van der Waals surface area (Å²) in [5.41, 5.74) is 7.64. The van der Waals surface area contributed by atoms with E-state index in [-0.39, 0.29) is 25.1 Å². The lowest BCUT2D eigenvalue weighted by atomic mass is 9.94. The molecule has 2 rings (SSSR count). The predicted molar refractivity (Wildman–Crippen MR) is 147 cm³/mol. The molecule has 0 fully saturated rings. The minimum Gasteiger partial charge on any atom is -0.463 e. The van der Waals surface area contributed by atoms with E-state index in [0.717, 1.165) is 51.4 Å². The molecule has 0 radical (unpaired) electrons. The van der Waals surface area contributed by atoms with Crippen LogP contribution in [0, 0.1) is 0 Å². The molecule has 6 nitrogen and oxygen atoms in total. The fraction of sp³-hybridized carbons (Fsp3) is 0.533. The van der Waals surface area contributed by atoms with E-state index in [1.807, 2.05) is 38.1 Å². The van der Waals surface area contributed by atoms with E-state index in [0.29, 0.717) is 0 Å². The number of hydrogen-bond acceptors (Lipinski definition) is 5. The van der Waals surface area contributed by atoms with Gasteiger partial charge in [0.25, 0.3) is 0 Å². The Morgan fingerprint density at radius 1 is 0.833 bits per heavy atom. The Hall–Kier alpha value is -2.70. The summed E-state index contributed by atoms with van der Waals surface area (Å²) in [5, 5.41) is 11.9. The number of nitrogens with two attached hydrogens (primary N) is 1. The van der Waals surface area contributed by atoms with Crippen molar-refractivity contribution in [1.29, 1.82) is 0 Å². The van der Waals surface area contributed by atoms with Crippen LogP contribution >= 0.6 is 0 Å². The first-order valence-corrected chi connectivity index (χ1v) is 12.9. The minimum atomic E-state index is -0.492. The summed E-state index contributed by atoms with van der Waals surface area (Å²) in [5.74, 6) is -0.427. The third-order valence-corrected chi connectivity index (χ3v) is 6.03. The number of hydrogen-bond donors (Lipinski definition) is 3. The van der Waals surface area contributed by atoms with Gasteiger partial charge in [-0.2, -0.15) is 0 Å². The van der Waals surface area contributed by atoms with Gasteiger partial charge in [0.2, 0.25) is 5.91 Å². The fourth-order valence-corrected chi connectivity index (χ4v) is 3.93. The molecule has 0 aliphatic rings. The standard InChI is InChI=1S/C17H25NO3.C13H21NO/c1-14(19)18-17(3,13-21-15(2)20)12-8-7-11-16-9-5-4-6-10-16;1-13(14,11-15)10-6-5-9-12-7-3-2-4-8-12/h4-6,9-10H,7-8,11-13H2,1-3H3,(H,18,19);2-4,7-8,15H,5-6,9-11,14H2,1H3. The second-order valence-electron chi connectivity index (χ2n) is 10.2. The van der Waals surface area contributed by atoms with Crippen molar-refractivity contribution in [2.45, 2.75) is 90.1 Å². The van der Waals surface area contributed by atoms with Crippen LogP contribution < -0.4 is 11.1 Å². The first-order chi connectivity index (χ1) is 17.1. The largest absolute Gasteiger partial charge is 0.463 e. The monoisotopic (exact) mass is 498 g/mol. The highest BCUT2D eigenvalue weighted by atomic mass is 16.5. The number of nitrogens with one attached hydrogen (secondary N) is 1. The molecule has 0 aliphatic heterocycles. The number of aliphatic hydroxyl groups excluding tert-OH is 1. The highest BCUT2D eigenvalue weighted by Gasteiger charge is 2.26. The Bertz CT molecular complexity index is 871. The van der Waals surface area contributed by atoms with Crippen molar-refractivity contribution in [2.24, 2.45) is 5.73 Å². The van der Waals surface area contributed by atoms with Gasteiger partial charge in [-0.25, -0.2) is 0 Å². The lowest BCUT2D eigenvalue weighted by molar-refractivity contribution is -0.144. The summed E-state index contributed by atoms with van der Waals surface area (Å²) in [6.07, 6.45) is 8.00. The lowest BCUT2D eigenvalue weighted by Gasteiger charge is -2.29. The molecule has 1 amide bonds. The molecule has 6 heteroatoms. The molecule has 0 heterocycles. The molecule has 0 aliphatic carbocycles. The quantitative estimate of drug-likeness (QED) is 0.252. The summed E-state index contributed by atoms with van der Waals surface area (Å²) in [7, 11) is 0. The molecular formula is C30H46N2O4. The maximum atomic E-state index is 11.3. The zero-order valence-corrected chi connectivity index (χ0v) is 22.6. The first kappa shape index (κ1) is 31.3. The first-order valence-electron chi connectivity index (χ1n) is 12.9. The zero-order valence-electron chi connectivity index (χ0n) is 22.6. The summed E-state index contributed by atoms with van der Waals surface area (Å²) >= 11 is 0. The zero-order chi connectivity index (χ0) is 26.9. The number of unbranched alkanes of at least 4 members (excludes halogenated alkanes) is 2. The fourth-order valence-electron chi connectivity index (χ4n) is 3.93. The number of esters is 1. The van der Waals surface area contributed by atoms with Gasteiger partial charge in [0.05, 0.1) is 12.1 Å². The molecule has 0 saturated carbocycles. The second kappa shape index (κ2) is 16.9. The third-order valence-electron chi connectivity index (χ3n) is 6.03. The summed E-state index contributed by atoms with van der Waals surface area (Å²) in [6, 6.07) is 20.8. The molecule has 0 saturated heterocycles. The molecule has 36 heavy (non-hydrogen) atoms. The summed E-state index contributed by atoms with van der Waals surface area (Å²) in [4.78, 5) is 22.3. The highest BCUT2D eigenvalue weighted by Crippen LogP contribution is 2.17. The molecular weight excluding hydrogens is 452 g/mol. The Morgan fingerprint density at radius 2 is 1.31 bits per heavy atom. The maximum absolute atomic E-state index is 11.3. The number of amides is 1. The van der Waals surface area contributed by atoms with E-state index < -0.39 is 11.1 Å². The summed E-state index contributed by atoms with van der Waals surface area (Å²) in [6.45, 7) is 6.96. The van der Waals surface area contributed by atoms with E-state index in [4.69, 9.17) is 15.6 Å². The maximum Gasteiger partial charge on any atom is 0.302 e. The van der Waals surface area contributed by atoms with Crippen molar-refractivity contribution in [3.8, 4) is 0 Å². The van der Waals surface area contributed by atoms with Gasteiger partial charge < -0.3 is 20.9 Å². The molecule has 0 bridgehead atoms. The van der Waals surface area contributed by atoms with Crippen LogP contribution in [-0.4, -0.2) is 41.3 Å². The average molecular weight is 499 g/mol. The molecule has 2 unspecified atom stereocenters. The van der Waals surface area contributed by atoms with Gasteiger partial charge in [-0.15, -0.1) is 0 Å². The van der Waals surface area contributed by atoms with Crippen molar-refractivity contribution >= 4 is 11.9 Å². The van der Waals surface area contributed by atoms with Gasteiger partial charge in [0.1, 0.15) is 6.61 Å². The van der Waals surface area contributed by atoms with E-state index in [2.05, 4.69) is 41.7 Å². The lowest BCUT2D eigenvalue weighted by Crippen LogP contribution is -2.49. The van der Waals surface area contributed by atoms with Gasteiger partial charge in [0.15, 0.2) is 0 Å². The van der Waals surface area contributed by atoms with Crippen LogP contribution in [-0.2, 0) is 27.2 Å². The van der Waals surface area contributed by atoms with Crippen LogP contribution in [0.2, 0.25) is 0 Å². The number of carbonyl (C=O) groups is 2. The van der Waals surface area contributed by atoms with Crippen LogP contribution in [0.25, 0.3) is 0 Å². The smallest absolute Gasteiger partial charge is 0.302 e. The Kier molecular flexibility index (Phi) is 14.7. The number of aliphatic hydroxyl groups is 1. The Balaban J connectivity index is 0.000000381. The third kappa shape index (κ3) is 15.3. The normalized spacial score (nSPS) is 13.9. The van der Waals surface area contributed by atoms with Crippen molar-refractivity contribution < 1.29 is 19.4 Å². The van der Waals surface area contributed by atoms with Crippen molar-refractivity contribution in [1.82, 2.24) is 5.32 Å². The molecule has 0 aromatic heterocycles. The molecule has 2 aromatic carbocycles. The minimum absolute atomic E-state index is 0.0678. The van der Waals surface area contributed by atoms with Crippen LogP contribution in [0.3, 0.4) is 0 Å². The molecule has 200 valence electrons. The highest BCUT2D eigenvalue weighted by molar-refractivity contribution is 5.74. The van der Waals surface area contributed by atoms with Gasteiger partial charge in [-0.3, -0.25) is 9.59 Å². The van der Waals surface area contributed by atoms with E-state index in [1.165, 1.54) is 25.0 Å². The van der Waals surface area contributed by atoms with Crippen LogP contribution in [0.1, 0.15) is 77.3 Å². The van der Waals surface area contributed by atoms with Gasteiger partial charge in [-0.1, -0.05) is 73.5 Å². The molecule has 0 spiro atoms. The topological polar surface area (TPSA) is 102 Å².